The molecule has 0 bridgehead atoms. The summed E-state index contributed by atoms with van der Waals surface area (Å²) in [6, 6.07) is 8.42. The van der Waals surface area contributed by atoms with E-state index in [1.807, 2.05) is 6.92 Å². The standard InChI is InChI=1S/C23H39N3O3.HI/c1-3-27-15-16-28-19-21-10-8-9-20(17-21)18-26-23(24-2)25-13-14-29-22-11-6-4-5-7-12-22;/h8-10,17,22H,3-7,11-16,18-19H2,1-2H3,(H2,24,25,26);1H. The maximum Gasteiger partial charge on any atom is 0.191 e. The predicted molar refractivity (Wildman–Crippen MR) is 134 cm³/mol. The highest BCUT2D eigenvalue weighted by molar-refractivity contribution is 14.0. The number of hydrogen-bond acceptors (Lipinski definition) is 4. The molecule has 1 fully saturated rings. The van der Waals surface area contributed by atoms with Crippen molar-refractivity contribution in [3.63, 3.8) is 0 Å². The van der Waals surface area contributed by atoms with Crippen LogP contribution in [-0.2, 0) is 27.4 Å². The molecular weight excluding hydrogens is 493 g/mol. The number of rotatable bonds is 12. The second kappa shape index (κ2) is 17.7. The van der Waals surface area contributed by atoms with Crippen LogP contribution < -0.4 is 10.6 Å². The van der Waals surface area contributed by atoms with Gasteiger partial charge in [0.25, 0.3) is 0 Å². The number of benzene rings is 1. The lowest BCUT2D eigenvalue weighted by molar-refractivity contribution is 0.0453. The lowest BCUT2D eigenvalue weighted by Crippen LogP contribution is -2.38. The minimum Gasteiger partial charge on any atom is -0.379 e. The second-order valence-corrected chi connectivity index (χ2v) is 7.41. The van der Waals surface area contributed by atoms with Gasteiger partial charge in [0.1, 0.15) is 0 Å². The number of hydrogen-bond donors (Lipinski definition) is 2. The van der Waals surface area contributed by atoms with Gasteiger partial charge in [-0.2, -0.15) is 0 Å². The highest BCUT2D eigenvalue weighted by Crippen LogP contribution is 2.19. The van der Waals surface area contributed by atoms with E-state index in [2.05, 4.69) is 39.9 Å². The van der Waals surface area contributed by atoms with Crippen molar-refractivity contribution >= 4 is 29.9 Å². The van der Waals surface area contributed by atoms with Crippen molar-refractivity contribution in [1.29, 1.82) is 0 Å². The van der Waals surface area contributed by atoms with Crippen LogP contribution in [0.1, 0.15) is 56.6 Å². The average Bonchev–Trinajstić information content (AvgIpc) is 3.02. The van der Waals surface area contributed by atoms with Gasteiger partial charge in [0.05, 0.1) is 32.5 Å². The number of nitrogens with one attached hydrogen (secondary N) is 2. The number of aliphatic imine (C=N–C) groups is 1. The Morgan fingerprint density at radius 1 is 1.00 bits per heavy atom. The first kappa shape index (κ1) is 27.1. The van der Waals surface area contributed by atoms with E-state index < -0.39 is 0 Å². The molecule has 0 aliphatic heterocycles. The van der Waals surface area contributed by atoms with E-state index in [4.69, 9.17) is 14.2 Å². The summed E-state index contributed by atoms with van der Waals surface area (Å²) in [7, 11) is 1.80. The van der Waals surface area contributed by atoms with E-state index >= 15 is 0 Å². The molecule has 7 heteroatoms. The van der Waals surface area contributed by atoms with Crippen LogP contribution in [0.3, 0.4) is 0 Å². The summed E-state index contributed by atoms with van der Waals surface area (Å²) < 4.78 is 17.0. The number of guanidine groups is 1. The Balaban J connectivity index is 0.00000450. The molecule has 2 N–H and O–H groups in total. The zero-order chi connectivity index (χ0) is 20.6. The van der Waals surface area contributed by atoms with Crippen LogP contribution in [0.4, 0.5) is 0 Å². The Morgan fingerprint density at radius 3 is 2.47 bits per heavy atom. The lowest BCUT2D eigenvalue weighted by Gasteiger charge is -2.17. The van der Waals surface area contributed by atoms with Crippen LogP contribution in [0.15, 0.2) is 29.3 Å². The number of halogens is 1. The van der Waals surface area contributed by atoms with Crippen LogP contribution in [-0.4, -0.2) is 52.1 Å². The van der Waals surface area contributed by atoms with Crippen LogP contribution in [0, 0.1) is 0 Å². The molecule has 0 atom stereocenters. The van der Waals surface area contributed by atoms with Crippen molar-refractivity contribution in [1.82, 2.24) is 10.6 Å². The lowest BCUT2D eigenvalue weighted by atomic mass is 10.1. The normalized spacial score (nSPS) is 15.3. The van der Waals surface area contributed by atoms with Crippen molar-refractivity contribution in [2.45, 2.75) is 64.7 Å². The Kier molecular flexibility index (Phi) is 16.1. The highest BCUT2D eigenvalue weighted by Gasteiger charge is 2.12. The summed E-state index contributed by atoms with van der Waals surface area (Å²) in [5.74, 6) is 0.799. The largest absolute Gasteiger partial charge is 0.379 e. The summed E-state index contributed by atoms with van der Waals surface area (Å²) in [5.41, 5.74) is 2.37. The Bertz CT molecular complexity index is 579. The van der Waals surface area contributed by atoms with Crippen molar-refractivity contribution in [3.05, 3.63) is 35.4 Å². The third-order valence-electron chi connectivity index (χ3n) is 5.07. The third-order valence-corrected chi connectivity index (χ3v) is 5.07. The molecule has 1 aliphatic carbocycles. The van der Waals surface area contributed by atoms with Gasteiger partial charge in [-0.15, -0.1) is 24.0 Å². The molecular formula is C23H40IN3O3. The van der Waals surface area contributed by atoms with Gasteiger partial charge >= 0.3 is 0 Å². The van der Waals surface area contributed by atoms with E-state index in [0.717, 1.165) is 32.3 Å². The van der Waals surface area contributed by atoms with Crippen molar-refractivity contribution in [2.24, 2.45) is 4.99 Å². The molecule has 6 nitrogen and oxygen atoms in total. The van der Waals surface area contributed by atoms with Crippen LogP contribution >= 0.6 is 24.0 Å². The van der Waals surface area contributed by atoms with E-state index in [0.29, 0.717) is 25.9 Å². The maximum atomic E-state index is 6.03. The number of ether oxygens (including phenoxy) is 3. The highest BCUT2D eigenvalue weighted by atomic mass is 127. The summed E-state index contributed by atoms with van der Waals surface area (Å²) in [4.78, 5) is 4.30. The maximum absolute atomic E-state index is 6.03. The summed E-state index contributed by atoms with van der Waals surface area (Å²) in [5, 5.41) is 6.71. The Hall–Kier alpha value is -0.900. The van der Waals surface area contributed by atoms with E-state index in [1.54, 1.807) is 7.05 Å². The first-order valence-electron chi connectivity index (χ1n) is 11.1. The number of nitrogens with zero attached hydrogens (tertiary/aromatic N) is 1. The minimum atomic E-state index is 0. The molecule has 1 saturated carbocycles. The molecule has 1 aromatic carbocycles. The molecule has 0 radical (unpaired) electrons. The molecule has 2 rings (SSSR count). The van der Waals surface area contributed by atoms with Gasteiger partial charge in [-0.1, -0.05) is 49.9 Å². The monoisotopic (exact) mass is 533 g/mol. The average molecular weight is 533 g/mol. The summed E-state index contributed by atoms with van der Waals surface area (Å²) in [6.45, 7) is 6.79. The molecule has 0 saturated heterocycles. The van der Waals surface area contributed by atoms with Crippen molar-refractivity contribution in [2.75, 3.05) is 40.0 Å². The molecule has 0 aromatic heterocycles. The predicted octanol–water partition coefficient (Wildman–Crippen LogP) is 4.26. The van der Waals surface area contributed by atoms with E-state index in [9.17, 15) is 0 Å². The SMILES string of the molecule is CCOCCOCc1cccc(CNC(=NC)NCCOC2CCCCCC2)c1.I. The Labute approximate surface area is 199 Å². The van der Waals surface area contributed by atoms with Crippen LogP contribution in [0.25, 0.3) is 0 Å². The van der Waals surface area contributed by atoms with Gasteiger partial charge in [-0.05, 0) is 30.9 Å². The zero-order valence-electron chi connectivity index (χ0n) is 18.7. The topological polar surface area (TPSA) is 64.1 Å². The third kappa shape index (κ3) is 12.1. The Morgan fingerprint density at radius 2 is 1.73 bits per heavy atom. The van der Waals surface area contributed by atoms with Gasteiger partial charge < -0.3 is 24.8 Å². The molecule has 0 unspecified atom stereocenters. The quantitative estimate of drug-likeness (QED) is 0.138. The zero-order valence-corrected chi connectivity index (χ0v) is 21.0. The van der Waals surface area contributed by atoms with Gasteiger partial charge in [-0.25, -0.2) is 0 Å². The van der Waals surface area contributed by atoms with Gasteiger partial charge in [0.2, 0.25) is 0 Å². The fourth-order valence-electron chi connectivity index (χ4n) is 3.49. The molecule has 0 spiro atoms. The van der Waals surface area contributed by atoms with Gasteiger partial charge in [-0.3, -0.25) is 4.99 Å². The first-order chi connectivity index (χ1) is 14.3. The molecule has 172 valence electrons. The smallest absolute Gasteiger partial charge is 0.191 e. The van der Waals surface area contributed by atoms with Crippen LogP contribution in [0.5, 0.6) is 0 Å². The van der Waals surface area contributed by atoms with Crippen LogP contribution in [0.2, 0.25) is 0 Å². The molecule has 1 aromatic rings. The van der Waals surface area contributed by atoms with Gasteiger partial charge in [0, 0.05) is 26.7 Å². The first-order valence-corrected chi connectivity index (χ1v) is 11.1. The van der Waals surface area contributed by atoms with Gasteiger partial charge in [0.15, 0.2) is 5.96 Å². The molecule has 30 heavy (non-hydrogen) atoms. The fourth-order valence-corrected chi connectivity index (χ4v) is 3.49. The summed E-state index contributed by atoms with van der Waals surface area (Å²) >= 11 is 0. The fraction of sp³-hybridized carbons (Fsp3) is 0.696. The van der Waals surface area contributed by atoms with E-state index in [1.165, 1.54) is 49.7 Å². The molecule has 0 heterocycles. The molecule has 0 amide bonds. The molecule has 1 aliphatic rings. The summed E-state index contributed by atoms with van der Waals surface area (Å²) in [6.07, 6.45) is 8.17. The van der Waals surface area contributed by atoms with E-state index in [-0.39, 0.29) is 24.0 Å². The second-order valence-electron chi connectivity index (χ2n) is 7.41. The van der Waals surface area contributed by atoms with Crippen molar-refractivity contribution < 1.29 is 14.2 Å². The van der Waals surface area contributed by atoms with Crippen molar-refractivity contribution in [3.8, 4) is 0 Å². The minimum absolute atomic E-state index is 0.